The van der Waals surface area contributed by atoms with E-state index in [-0.39, 0.29) is 37.0 Å². The van der Waals surface area contributed by atoms with E-state index in [9.17, 15) is 13.2 Å². The predicted molar refractivity (Wildman–Crippen MR) is 119 cm³/mol. The van der Waals surface area contributed by atoms with Crippen LogP contribution in [0.1, 0.15) is 25.7 Å². The Kier molecular flexibility index (Phi) is 9.01. The van der Waals surface area contributed by atoms with Crippen LogP contribution in [0.3, 0.4) is 0 Å². The van der Waals surface area contributed by atoms with E-state index in [1.807, 2.05) is 0 Å². The highest BCUT2D eigenvalue weighted by Gasteiger charge is 2.18. The van der Waals surface area contributed by atoms with Gasteiger partial charge in [0, 0.05) is 24.1 Å². The number of sulfonamides is 1. The quantitative estimate of drug-likeness (QED) is 0.364. The molecule has 10 heteroatoms. The number of nitrogens with one attached hydrogen (secondary N) is 1. The highest BCUT2D eigenvalue weighted by molar-refractivity contribution is 7.89. The molecule has 3 rings (SSSR count). The lowest BCUT2D eigenvalue weighted by molar-refractivity contribution is -0.144. The molecule has 0 bridgehead atoms. The lowest BCUT2D eigenvalue weighted by Crippen LogP contribution is -2.25. The van der Waals surface area contributed by atoms with Crippen LogP contribution in [0.4, 0.5) is 0 Å². The predicted octanol–water partition coefficient (Wildman–Crippen LogP) is 3.57. The summed E-state index contributed by atoms with van der Waals surface area (Å²) in [6.45, 7) is 1.54. The minimum absolute atomic E-state index is 0.131. The van der Waals surface area contributed by atoms with Gasteiger partial charge >= 0.3 is 5.97 Å². The van der Waals surface area contributed by atoms with E-state index in [1.54, 1.807) is 30.3 Å². The van der Waals surface area contributed by atoms with Crippen LogP contribution in [0.25, 0.3) is 0 Å². The number of carbonyl (C=O) groups excluding carboxylic acids is 1. The van der Waals surface area contributed by atoms with Crippen molar-refractivity contribution < 1.29 is 32.2 Å². The number of benzene rings is 2. The summed E-state index contributed by atoms with van der Waals surface area (Å²) in [4.78, 5) is 11.9. The fourth-order valence-electron chi connectivity index (χ4n) is 2.97. The summed E-state index contributed by atoms with van der Waals surface area (Å²) in [6.07, 6.45) is 2.19. The molecule has 0 spiro atoms. The van der Waals surface area contributed by atoms with Crippen LogP contribution in [0.5, 0.6) is 17.2 Å². The second-order valence-electron chi connectivity index (χ2n) is 7.04. The van der Waals surface area contributed by atoms with Gasteiger partial charge in [0.25, 0.3) is 0 Å². The van der Waals surface area contributed by atoms with E-state index in [1.165, 1.54) is 12.1 Å². The van der Waals surface area contributed by atoms with Crippen LogP contribution in [0, 0.1) is 0 Å². The number of carbonyl (C=O) groups is 1. The van der Waals surface area contributed by atoms with Crippen LogP contribution in [0.15, 0.2) is 47.4 Å². The number of ether oxygens (including phenoxy) is 4. The molecule has 0 saturated heterocycles. The molecule has 0 atom stereocenters. The van der Waals surface area contributed by atoms with Gasteiger partial charge in [-0.1, -0.05) is 18.0 Å². The van der Waals surface area contributed by atoms with Gasteiger partial charge in [-0.15, -0.1) is 0 Å². The van der Waals surface area contributed by atoms with Gasteiger partial charge in [0.05, 0.1) is 4.90 Å². The van der Waals surface area contributed by atoms with Crippen LogP contribution in [0.2, 0.25) is 5.02 Å². The Bertz CT molecular complexity index is 996. The molecular formula is C22H26ClNO7S. The minimum Gasteiger partial charge on any atom is -0.490 e. The molecule has 2 aromatic carbocycles. The Balaban J connectivity index is 1.26. The number of esters is 1. The van der Waals surface area contributed by atoms with Crippen molar-refractivity contribution in [1.29, 1.82) is 0 Å². The van der Waals surface area contributed by atoms with Gasteiger partial charge in [0.2, 0.25) is 10.0 Å². The van der Waals surface area contributed by atoms with Gasteiger partial charge in [0.1, 0.15) is 32.2 Å². The third-order valence-corrected chi connectivity index (χ3v) is 6.31. The maximum atomic E-state index is 12.4. The van der Waals surface area contributed by atoms with E-state index in [0.717, 1.165) is 0 Å². The summed E-state index contributed by atoms with van der Waals surface area (Å²) in [6, 6.07) is 11.5. The Morgan fingerprint density at radius 1 is 0.969 bits per heavy atom. The molecule has 2 aromatic rings. The van der Waals surface area contributed by atoms with Crippen molar-refractivity contribution in [3.63, 3.8) is 0 Å². The van der Waals surface area contributed by atoms with Crippen molar-refractivity contribution in [3.8, 4) is 17.2 Å². The third-order valence-electron chi connectivity index (χ3n) is 4.60. The molecule has 174 valence electrons. The molecule has 1 N–H and O–H groups in total. The van der Waals surface area contributed by atoms with Crippen molar-refractivity contribution in [2.75, 3.05) is 33.0 Å². The van der Waals surface area contributed by atoms with Crippen molar-refractivity contribution >= 4 is 27.6 Å². The maximum absolute atomic E-state index is 12.4. The van der Waals surface area contributed by atoms with Crippen LogP contribution < -0.4 is 18.9 Å². The van der Waals surface area contributed by atoms with Gasteiger partial charge in [-0.2, -0.15) is 0 Å². The lowest BCUT2D eigenvalue weighted by Gasteiger charge is -2.18. The Morgan fingerprint density at radius 2 is 1.72 bits per heavy atom. The van der Waals surface area contributed by atoms with E-state index in [4.69, 9.17) is 30.5 Å². The molecule has 1 heterocycles. The first-order valence-corrected chi connectivity index (χ1v) is 12.2. The number of halogens is 1. The zero-order valence-corrected chi connectivity index (χ0v) is 19.1. The highest BCUT2D eigenvalue weighted by atomic mass is 35.5. The van der Waals surface area contributed by atoms with E-state index < -0.39 is 10.0 Å². The first kappa shape index (κ1) is 24.2. The molecule has 32 heavy (non-hydrogen) atoms. The summed E-state index contributed by atoms with van der Waals surface area (Å²) < 4.78 is 48.8. The fraction of sp³-hybridized carbons (Fsp3) is 0.409. The van der Waals surface area contributed by atoms with Crippen molar-refractivity contribution in [2.45, 2.75) is 30.6 Å². The second kappa shape index (κ2) is 11.9. The molecule has 0 fully saturated rings. The maximum Gasteiger partial charge on any atom is 0.305 e. The van der Waals surface area contributed by atoms with E-state index in [0.29, 0.717) is 54.7 Å². The van der Waals surface area contributed by atoms with Gasteiger partial charge in [0.15, 0.2) is 11.5 Å². The molecule has 0 unspecified atom stereocenters. The topological polar surface area (TPSA) is 100 Å². The summed E-state index contributed by atoms with van der Waals surface area (Å²) in [5.41, 5.74) is 0. The summed E-state index contributed by atoms with van der Waals surface area (Å²) >= 11 is 5.80. The monoisotopic (exact) mass is 483 g/mol. The van der Waals surface area contributed by atoms with E-state index in [2.05, 4.69) is 4.72 Å². The van der Waals surface area contributed by atoms with Gasteiger partial charge in [-0.05, 0) is 49.2 Å². The highest BCUT2D eigenvalue weighted by Crippen LogP contribution is 2.32. The number of hydrogen-bond donors (Lipinski definition) is 1. The molecule has 1 aliphatic rings. The molecular weight excluding hydrogens is 458 g/mol. The third kappa shape index (κ3) is 7.58. The molecule has 1 aliphatic heterocycles. The Labute approximate surface area is 192 Å². The van der Waals surface area contributed by atoms with Gasteiger partial charge in [-0.3, -0.25) is 4.79 Å². The molecule has 0 aromatic heterocycles. The standard InChI is InChI=1S/C22H26ClNO7S/c23-17-5-7-18(8-6-17)28-12-15-31-22(25)4-2-1-3-11-24-32(26,27)19-9-10-20-21(16-19)30-14-13-29-20/h5-10,16,24H,1-4,11-15H2. The minimum atomic E-state index is -3.64. The zero-order chi connectivity index (χ0) is 22.8. The summed E-state index contributed by atoms with van der Waals surface area (Å²) in [5.74, 6) is 1.32. The largest absolute Gasteiger partial charge is 0.490 e. The Morgan fingerprint density at radius 3 is 2.50 bits per heavy atom. The Hall–Kier alpha value is -2.49. The van der Waals surface area contributed by atoms with Crippen LogP contribution in [-0.2, 0) is 19.6 Å². The smallest absolute Gasteiger partial charge is 0.305 e. The van der Waals surface area contributed by atoms with Gasteiger partial charge < -0.3 is 18.9 Å². The molecule has 0 amide bonds. The average molecular weight is 484 g/mol. The molecule has 0 aliphatic carbocycles. The number of hydrogen-bond acceptors (Lipinski definition) is 7. The SMILES string of the molecule is O=C(CCCCCNS(=O)(=O)c1ccc2c(c1)OCCO2)OCCOc1ccc(Cl)cc1. The summed E-state index contributed by atoms with van der Waals surface area (Å²) in [5, 5.41) is 0.625. The van der Waals surface area contributed by atoms with Crippen molar-refractivity contribution in [2.24, 2.45) is 0 Å². The summed E-state index contributed by atoms with van der Waals surface area (Å²) in [7, 11) is -3.64. The molecule has 0 saturated carbocycles. The zero-order valence-electron chi connectivity index (χ0n) is 17.5. The van der Waals surface area contributed by atoms with Crippen LogP contribution in [-0.4, -0.2) is 47.4 Å². The second-order valence-corrected chi connectivity index (χ2v) is 9.24. The van der Waals surface area contributed by atoms with Gasteiger partial charge in [-0.25, -0.2) is 13.1 Å². The van der Waals surface area contributed by atoms with Crippen LogP contribution >= 0.6 is 11.6 Å². The average Bonchev–Trinajstić information content (AvgIpc) is 2.80. The molecule has 8 nitrogen and oxygen atoms in total. The van der Waals surface area contributed by atoms with Crippen molar-refractivity contribution in [1.82, 2.24) is 4.72 Å². The number of fused-ring (bicyclic) bond motifs is 1. The number of unbranched alkanes of at least 4 members (excludes halogenated alkanes) is 2. The first-order valence-electron chi connectivity index (χ1n) is 10.4. The first-order chi connectivity index (χ1) is 15.4. The fourth-order valence-corrected chi connectivity index (χ4v) is 4.18. The van der Waals surface area contributed by atoms with E-state index >= 15 is 0 Å². The normalized spacial score (nSPS) is 12.9. The molecule has 0 radical (unpaired) electrons. The van der Waals surface area contributed by atoms with Crippen molar-refractivity contribution in [3.05, 3.63) is 47.5 Å². The number of rotatable bonds is 12. The lowest BCUT2D eigenvalue weighted by atomic mass is 10.2.